The van der Waals surface area contributed by atoms with E-state index in [4.69, 9.17) is 5.73 Å². The van der Waals surface area contributed by atoms with Crippen molar-refractivity contribution in [1.82, 2.24) is 15.0 Å². The average molecular weight is 233 g/mol. The fourth-order valence-electron chi connectivity index (χ4n) is 1.34. The largest absolute Gasteiger partial charge is 0.353 e. The fourth-order valence-corrected chi connectivity index (χ4v) is 1.34. The summed E-state index contributed by atoms with van der Waals surface area (Å²) in [5.41, 5.74) is 6.60. The molecule has 2 heterocycles. The maximum atomic E-state index is 13.0. The molecule has 0 radical (unpaired) electrons. The predicted molar refractivity (Wildman–Crippen MR) is 62.8 cm³/mol. The molecule has 5 nitrogen and oxygen atoms in total. The van der Waals surface area contributed by atoms with Crippen LogP contribution in [-0.4, -0.2) is 28.0 Å². The minimum Gasteiger partial charge on any atom is -0.353 e. The van der Waals surface area contributed by atoms with E-state index in [0.717, 1.165) is 6.20 Å². The normalized spacial score (nSPS) is 10.2. The summed E-state index contributed by atoms with van der Waals surface area (Å²) in [6, 6.07) is 3.08. The third-order valence-electron chi connectivity index (χ3n) is 2.08. The highest BCUT2D eigenvalue weighted by atomic mass is 19.1. The fraction of sp³-hybridized carbons (Fsp3) is 0.182. The highest BCUT2D eigenvalue weighted by molar-refractivity contribution is 5.58. The van der Waals surface area contributed by atoms with Crippen LogP contribution in [0, 0.1) is 5.82 Å². The van der Waals surface area contributed by atoms with Crippen molar-refractivity contribution in [3.8, 4) is 11.3 Å². The number of hydrogen-bond donors (Lipinski definition) is 2. The first-order valence-corrected chi connectivity index (χ1v) is 5.17. The lowest BCUT2D eigenvalue weighted by atomic mass is 10.2. The van der Waals surface area contributed by atoms with Gasteiger partial charge in [-0.05, 0) is 12.1 Å². The summed E-state index contributed by atoms with van der Waals surface area (Å²) in [5.74, 6) is 0.0785. The molecule has 0 bridgehead atoms. The van der Waals surface area contributed by atoms with Crippen molar-refractivity contribution >= 4 is 5.95 Å². The molecule has 0 aromatic carbocycles. The van der Waals surface area contributed by atoms with Gasteiger partial charge in [-0.15, -0.1) is 0 Å². The second kappa shape index (κ2) is 5.31. The first kappa shape index (κ1) is 11.4. The Morgan fingerprint density at radius 1 is 1.35 bits per heavy atom. The van der Waals surface area contributed by atoms with E-state index in [-0.39, 0.29) is 0 Å². The molecule has 6 heteroatoms. The molecule has 0 atom stereocenters. The number of aromatic nitrogens is 3. The molecule has 0 unspecified atom stereocenters. The highest BCUT2D eigenvalue weighted by Crippen LogP contribution is 2.16. The Hall–Kier alpha value is -2.08. The van der Waals surface area contributed by atoms with E-state index in [1.54, 1.807) is 18.5 Å². The van der Waals surface area contributed by atoms with Gasteiger partial charge in [0.15, 0.2) is 0 Å². The van der Waals surface area contributed by atoms with Crippen LogP contribution in [-0.2, 0) is 0 Å². The van der Waals surface area contributed by atoms with Crippen molar-refractivity contribution in [3.05, 3.63) is 36.5 Å². The summed E-state index contributed by atoms with van der Waals surface area (Å²) >= 11 is 0. The standard InChI is InChI=1S/C11H12FN5/c12-9-5-8(6-14-7-9)10-1-3-15-11(17-10)16-4-2-13/h1,3,5-7H,2,4,13H2,(H,15,16,17). The van der Waals surface area contributed by atoms with Crippen LogP contribution in [0.5, 0.6) is 0 Å². The second-order valence-corrected chi connectivity index (χ2v) is 3.37. The van der Waals surface area contributed by atoms with Crippen LogP contribution < -0.4 is 11.1 Å². The zero-order chi connectivity index (χ0) is 12.1. The maximum absolute atomic E-state index is 13.0. The number of anilines is 1. The Balaban J connectivity index is 2.26. The summed E-state index contributed by atoms with van der Waals surface area (Å²) in [6.45, 7) is 1.08. The molecule has 2 aromatic rings. The Kier molecular flexibility index (Phi) is 3.56. The Bertz CT molecular complexity index is 503. The van der Waals surface area contributed by atoms with Crippen LogP contribution in [0.2, 0.25) is 0 Å². The van der Waals surface area contributed by atoms with Crippen molar-refractivity contribution in [2.45, 2.75) is 0 Å². The number of nitrogens with one attached hydrogen (secondary N) is 1. The van der Waals surface area contributed by atoms with Gasteiger partial charge in [-0.2, -0.15) is 0 Å². The van der Waals surface area contributed by atoms with Crippen LogP contribution in [0.25, 0.3) is 11.3 Å². The van der Waals surface area contributed by atoms with Crippen molar-refractivity contribution in [2.75, 3.05) is 18.4 Å². The van der Waals surface area contributed by atoms with Crippen molar-refractivity contribution < 1.29 is 4.39 Å². The van der Waals surface area contributed by atoms with Crippen molar-refractivity contribution in [3.63, 3.8) is 0 Å². The number of halogens is 1. The number of nitrogens with two attached hydrogens (primary N) is 1. The number of pyridine rings is 1. The minimum atomic E-state index is -0.391. The molecule has 0 fully saturated rings. The Morgan fingerprint density at radius 2 is 2.24 bits per heavy atom. The SMILES string of the molecule is NCCNc1nccc(-c2cncc(F)c2)n1. The van der Waals surface area contributed by atoms with E-state index in [2.05, 4.69) is 20.3 Å². The molecule has 2 aromatic heterocycles. The van der Waals surface area contributed by atoms with E-state index >= 15 is 0 Å². The molecule has 0 aliphatic heterocycles. The van der Waals surface area contributed by atoms with Gasteiger partial charge in [0.2, 0.25) is 5.95 Å². The quantitative estimate of drug-likeness (QED) is 0.825. The van der Waals surface area contributed by atoms with Gasteiger partial charge in [-0.25, -0.2) is 14.4 Å². The monoisotopic (exact) mass is 233 g/mol. The summed E-state index contributed by atoms with van der Waals surface area (Å²) in [4.78, 5) is 12.0. The third-order valence-corrected chi connectivity index (χ3v) is 2.08. The van der Waals surface area contributed by atoms with E-state index in [9.17, 15) is 4.39 Å². The van der Waals surface area contributed by atoms with Gasteiger partial charge in [0, 0.05) is 31.0 Å². The minimum absolute atomic E-state index is 0.391. The molecule has 17 heavy (non-hydrogen) atoms. The zero-order valence-corrected chi connectivity index (χ0v) is 9.10. The number of rotatable bonds is 4. The van der Waals surface area contributed by atoms with Gasteiger partial charge >= 0.3 is 0 Å². The predicted octanol–water partition coefficient (Wildman–Crippen LogP) is 1.05. The van der Waals surface area contributed by atoms with Crippen molar-refractivity contribution in [1.29, 1.82) is 0 Å². The van der Waals surface area contributed by atoms with Crippen LogP contribution in [0.3, 0.4) is 0 Å². The molecule has 3 N–H and O–H groups in total. The maximum Gasteiger partial charge on any atom is 0.223 e. The van der Waals surface area contributed by atoms with Gasteiger partial charge in [0.1, 0.15) is 5.82 Å². The molecule has 2 rings (SSSR count). The van der Waals surface area contributed by atoms with Gasteiger partial charge in [-0.1, -0.05) is 0 Å². The zero-order valence-electron chi connectivity index (χ0n) is 9.10. The molecule has 0 aliphatic rings. The smallest absolute Gasteiger partial charge is 0.223 e. The highest BCUT2D eigenvalue weighted by Gasteiger charge is 2.03. The topological polar surface area (TPSA) is 76.7 Å². The third kappa shape index (κ3) is 2.94. The van der Waals surface area contributed by atoms with Gasteiger partial charge in [0.25, 0.3) is 0 Å². The van der Waals surface area contributed by atoms with Gasteiger partial charge in [-0.3, -0.25) is 4.98 Å². The first-order chi connectivity index (χ1) is 8.29. The van der Waals surface area contributed by atoms with Crippen molar-refractivity contribution in [2.24, 2.45) is 5.73 Å². The molecule has 0 saturated carbocycles. The lowest BCUT2D eigenvalue weighted by Crippen LogP contribution is -2.14. The first-order valence-electron chi connectivity index (χ1n) is 5.17. The van der Waals surface area contributed by atoms with E-state index < -0.39 is 5.82 Å². The molecule has 0 aliphatic carbocycles. The molecule has 0 amide bonds. The lowest BCUT2D eigenvalue weighted by Gasteiger charge is -2.05. The lowest BCUT2D eigenvalue weighted by molar-refractivity contribution is 0.622. The Morgan fingerprint density at radius 3 is 3.00 bits per heavy atom. The average Bonchev–Trinajstić information content (AvgIpc) is 2.37. The number of hydrogen-bond acceptors (Lipinski definition) is 5. The summed E-state index contributed by atoms with van der Waals surface area (Å²) in [6.07, 6.45) is 4.31. The second-order valence-electron chi connectivity index (χ2n) is 3.37. The summed E-state index contributed by atoms with van der Waals surface area (Å²) in [7, 11) is 0. The van der Waals surface area contributed by atoms with E-state index in [0.29, 0.717) is 30.3 Å². The summed E-state index contributed by atoms with van der Waals surface area (Å²) in [5, 5.41) is 2.96. The molecular formula is C11H12FN5. The summed E-state index contributed by atoms with van der Waals surface area (Å²) < 4.78 is 13.0. The van der Waals surface area contributed by atoms with E-state index in [1.165, 1.54) is 6.07 Å². The van der Waals surface area contributed by atoms with Crippen LogP contribution >= 0.6 is 0 Å². The van der Waals surface area contributed by atoms with Crippen LogP contribution in [0.1, 0.15) is 0 Å². The van der Waals surface area contributed by atoms with E-state index in [1.807, 2.05) is 0 Å². The molecular weight excluding hydrogens is 221 g/mol. The molecule has 0 saturated heterocycles. The molecule has 0 spiro atoms. The van der Waals surface area contributed by atoms with Gasteiger partial charge in [0.05, 0.1) is 11.9 Å². The van der Waals surface area contributed by atoms with Gasteiger partial charge < -0.3 is 11.1 Å². The van der Waals surface area contributed by atoms with Crippen LogP contribution in [0.4, 0.5) is 10.3 Å². The van der Waals surface area contributed by atoms with Crippen LogP contribution in [0.15, 0.2) is 30.7 Å². The Labute approximate surface area is 97.9 Å². The molecule has 88 valence electrons. The number of nitrogens with zero attached hydrogens (tertiary/aromatic N) is 3.